The van der Waals surface area contributed by atoms with Gasteiger partial charge in [0.1, 0.15) is 0 Å². The van der Waals surface area contributed by atoms with Crippen molar-refractivity contribution in [2.75, 3.05) is 0 Å². The molecule has 96 valence electrons. The van der Waals surface area contributed by atoms with Crippen molar-refractivity contribution in [1.82, 2.24) is 9.97 Å². The normalized spacial score (nSPS) is 21.1. The lowest BCUT2D eigenvalue weighted by molar-refractivity contribution is 0.607. The second kappa shape index (κ2) is 3.94. The monoisotopic (exact) mass is 254 g/mol. The largest absolute Gasteiger partial charge is 0.370 e. The van der Waals surface area contributed by atoms with Crippen molar-refractivity contribution in [3.63, 3.8) is 0 Å². The van der Waals surface area contributed by atoms with Crippen molar-refractivity contribution in [3.8, 4) is 0 Å². The minimum Gasteiger partial charge on any atom is -0.370 e. The molecule has 2 heterocycles. The molecule has 0 aliphatic carbocycles. The topological polar surface area (TPSA) is 105 Å². The van der Waals surface area contributed by atoms with Gasteiger partial charge in [-0.3, -0.25) is 4.99 Å². The number of benzene rings is 1. The number of aromatic amines is 1. The molecule has 5 N–H and O–H groups in total. The molecule has 0 saturated carbocycles. The van der Waals surface area contributed by atoms with Crippen LogP contribution < -0.4 is 11.5 Å². The molecule has 3 rings (SSSR count). The van der Waals surface area contributed by atoms with Crippen LogP contribution in [0.1, 0.15) is 11.1 Å². The van der Waals surface area contributed by atoms with E-state index in [2.05, 4.69) is 20.0 Å². The van der Waals surface area contributed by atoms with E-state index >= 15 is 0 Å². The zero-order chi connectivity index (χ0) is 13.5. The number of nitrogens with two attached hydrogens (primary N) is 2. The van der Waals surface area contributed by atoms with Gasteiger partial charge in [0, 0.05) is 11.8 Å². The van der Waals surface area contributed by atoms with Crippen LogP contribution in [0, 0.1) is 6.92 Å². The fourth-order valence-electron chi connectivity index (χ4n) is 2.41. The molecule has 1 atom stereocenters. The number of hydrogen-bond acceptors (Lipinski definition) is 3. The van der Waals surface area contributed by atoms with E-state index in [-0.39, 0.29) is 5.96 Å². The number of imidazole rings is 1. The highest BCUT2D eigenvalue weighted by Gasteiger charge is 2.32. The zero-order valence-corrected chi connectivity index (χ0v) is 10.5. The Morgan fingerprint density at radius 3 is 2.89 bits per heavy atom. The third-order valence-corrected chi connectivity index (χ3v) is 3.23. The average molecular weight is 254 g/mol. The molecule has 6 heteroatoms. The summed E-state index contributed by atoms with van der Waals surface area (Å²) in [6.45, 7) is 1.99. The molecule has 2 aromatic rings. The fraction of sp³-hybridized carbons (Fsp3) is 0.154. The van der Waals surface area contributed by atoms with Crippen molar-refractivity contribution in [2.45, 2.75) is 12.6 Å². The van der Waals surface area contributed by atoms with Crippen molar-refractivity contribution in [1.29, 1.82) is 0 Å². The summed E-state index contributed by atoms with van der Waals surface area (Å²) in [5.41, 5.74) is 14.0. The number of nitrogens with zero attached hydrogens (tertiary/aromatic N) is 3. The molecule has 1 aliphatic heterocycles. The highest BCUT2D eigenvalue weighted by atomic mass is 15.1. The predicted molar refractivity (Wildman–Crippen MR) is 76.0 cm³/mol. The van der Waals surface area contributed by atoms with Gasteiger partial charge in [-0.15, -0.1) is 0 Å². The highest BCUT2D eigenvalue weighted by molar-refractivity contribution is 5.83. The van der Waals surface area contributed by atoms with Crippen LogP contribution in [0.5, 0.6) is 0 Å². The Balaban J connectivity index is 2.27. The summed E-state index contributed by atoms with van der Waals surface area (Å²) in [5.74, 6) is 0.00484. The Morgan fingerprint density at radius 2 is 2.21 bits per heavy atom. The first kappa shape index (κ1) is 11.5. The van der Waals surface area contributed by atoms with Crippen LogP contribution >= 0.6 is 0 Å². The van der Waals surface area contributed by atoms with Gasteiger partial charge in [0.2, 0.25) is 0 Å². The van der Waals surface area contributed by atoms with Crippen LogP contribution in [0.15, 0.2) is 40.6 Å². The number of fused-ring (bicyclic) bond motifs is 1. The third-order valence-electron chi connectivity index (χ3n) is 3.23. The summed E-state index contributed by atoms with van der Waals surface area (Å²) in [6, 6.07) is 3.92. The SMILES string of the molecule is Cc1c(C2(N=C(N)N)C=CC=N2)ccc2[nH]cnc12. The standard InChI is InChI=1S/C13H14N6/c1-8-9(3-4-10-11(8)17-7-16-10)13(19-12(14)15)5-2-6-18-13/h2-7H,1H3,(H,16,17)(H4,14,15,19). The molecular formula is C13H14N6. The summed E-state index contributed by atoms with van der Waals surface area (Å²) >= 11 is 0. The third kappa shape index (κ3) is 1.69. The maximum absolute atomic E-state index is 5.54. The van der Waals surface area contributed by atoms with E-state index < -0.39 is 5.66 Å². The van der Waals surface area contributed by atoms with Gasteiger partial charge in [-0.25, -0.2) is 9.98 Å². The Morgan fingerprint density at radius 1 is 1.37 bits per heavy atom. The van der Waals surface area contributed by atoms with E-state index in [0.717, 1.165) is 22.2 Å². The highest BCUT2D eigenvalue weighted by Crippen LogP contribution is 2.35. The van der Waals surface area contributed by atoms with Crippen molar-refractivity contribution in [2.24, 2.45) is 21.5 Å². The lowest BCUT2D eigenvalue weighted by Crippen LogP contribution is -2.29. The number of aromatic nitrogens is 2. The summed E-state index contributed by atoms with van der Waals surface area (Å²) in [7, 11) is 0. The molecule has 1 unspecified atom stereocenters. The van der Waals surface area contributed by atoms with E-state index in [1.54, 1.807) is 12.5 Å². The molecule has 1 aromatic heterocycles. The van der Waals surface area contributed by atoms with Crippen LogP contribution in [-0.4, -0.2) is 22.1 Å². The quantitative estimate of drug-likeness (QED) is 0.548. The zero-order valence-electron chi connectivity index (χ0n) is 10.5. The summed E-state index contributed by atoms with van der Waals surface area (Å²) in [6.07, 6.45) is 7.07. The molecule has 0 amide bonds. The van der Waals surface area contributed by atoms with Crippen LogP contribution in [-0.2, 0) is 5.66 Å². The maximum atomic E-state index is 5.54. The van der Waals surface area contributed by atoms with E-state index in [1.165, 1.54) is 0 Å². The van der Waals surface area contributed by atoms with E-state index in [1.807, 2.05) is 31.2 Å². The van der Waals surface area contributed by atoms with Crippen molar-refractivity contribution in [3.05, 3.63) is 41.7 Å². The van der Waals surface area contributed by atoms with Crippen LogP contribution in [0.3, 0.4) is 0 Å². The molecule has 0 saturated heterocycles. The first-order valence-electron chi connectivity index (χ1n) is 5.89. The molecule has 0 radical (unpaired) electrons. The number of hydrogen-bond donors (Lipinski definition) is 3. The number of nitrogens with one attached hydrogen (secondary N) is 1. The smallest absolute Gasteiger partial charge is 0.198 e. The molecule has 19 heavy (non-hydrogen) atoms. The van der Waals surface area contributed by atoms with Gasteiger partial charge >= 0.3 is 0 Å². The number of aryl methyl sites for hydroxylation is 1. The minimum atomic E-state index is -0.865. The maximum Gasteiger partial charge on any atom is 0.198 e. The number of H-pyrrole nitrogens is 1. The number of rotatable bonds is 2. The van der Waals surface area contributed by atoms with Crippen molar-refractivity contribution >= 4 is 23.2 Å². The van der Waals surface area contributed by atoms with Gasteiger partial charge in [-0.2, -0.15) is 0 Å². The molecule has 0 bridgehead atoms. The second-order valence-corrected chi connectivity index (χ2v) is 4.44. The van der Waals surface area contributed by atoms with Gasteiger partial charge in [-0.05, 0) is 30.7 Å². The van der Waals surface area contributed by atoms with Crippen molar-refractivity contribution < 1.29 is 0 Å². The fourth-order valence-corrected chi connectivity index (χ4v) is 2.41. The second-order valence-electron chi connectivity index (χ2n) is 4.44. The number of guanidine groups is 1. The van der Waals surface area contributed by atoms with E-state index in [4.69, 9.17) is 11.5 Å². The molecule has 1 aliphatic rings. The summed E-state index contributed by atoms with van der Waals surface area (Å²) in [5, 5.41) is 0. The molecule has 0 fully saturated rings. The van der Waals surface area contributed by atoms with Crippen LogP contribution in [0.25, 0.3) is 11.0 Å². The predicted octanol–water partition coefficient (Wildman–Crippen LogP) is 0.938. The minimum absolute atomic E-state index is 0.00484. The van der Waals surface area contributed by atoms with Gasteiger partial charge in [0.15, 0.2) is 11.6 Å². The lowest BCUT2D eigenvalue weighted by atomic mass is 9.95. The number of aliphatic imine (C=N–C) groups is 2. The molecular weight excluding hydrogens is 240 g/mol. The molecule has 0 spiro atoms. The molecule has 1 aromatic carbocycles. The van der Waals surface area contributed by atoms with Gasteiger partial charge < -0.3 is 16.5 Å². The Bertz CT molecular complexity index is 706. The first-order valence-corrected chi connectivity index (χ1v) is 5.89. The van der Waals surface area contributed by atoms with Crippen LogP contribution in [0.2, 0.25) is 0 Å². The summed E-state index contributed by atoms with van der Waals surface area (Å²) in [4.78, 5) is 16.1. The van der Waals surface area contributed by atoms with Crippen LogP contribution in [0.4, 0.5) is 0 Å². The van der Waals surface area contributed by atoms with E-state index in [9.17, 15) is 0 Å². The Labute approximate surface area is 110 Å². The molecule has 6 nitrogen and oxygen atoms in total. The Hall–Kier alpha value is -2.63. The van der Waals surface area contributed by atoms with E-state index in [0.29, 0.717) is 0 Å². The van der Waals surface area contributed by atoms with Gasteiger partial charge in [0.05, 0.1) is 17.4 Å². The van der Waals surface area contributed by atoms with Gasteiger partial charge in [-0.1, -0.05) is 6.07 Å². The first-order chi connectivity index (χ1) is 9.12. The number of allylic oxidation sites excluding steroid dienone is 1. The van der Waals surface area contributed by atoms with Gasteiger partial charge in [0.25, 0.3) is 0 Å². The average Bonchev–Trinajstić information content (AvgIpc) is 2.98. The summed E-state index contributed by atoms with van der Waals surface area (Å²) < 4.78 is 0. The lowest BCUT2D eigenvalue weighted by Gasteiger charge is -2.22. The Kier molecular flexibility index (Phi) is 2.38.